The Kier molecular flexibility index (Phi) is 6.56. The van der Waals surface area contributed by atoms with Gasteiger partial charge in [0.2, 0.25) is 0 Å². The number of hydrogen-bond acceptors (Lipinski definition) is 5. The van der Waals surface area contributed by atoms with Gasteiger partial charge in [-0.15, -0.1) is 0 Å². The van der Waals surface area contributed by atoms with Gasteiger partial charge in [0.25, 0.3) is 5.91 Å². The van der Waals surface area contributed by atoms with E-state index in [4.69, 9.17) is 4.74 Å². The van der Waals surface area contributed by atoms with E-state index in [-0.39, 0.29) is 5.91 Å². The van der Waals surface area contributed by atoms with Crippen LogP contribution in [0.2, 0.25) is 0 Å². The lowest BCUT2D eigenvalue weighted by molar-refractivity contribution is -0.151. The molecule has 3 aromatic heterocycles. The van der Waals surface area contributed by atoms with Gasteiger partial charge in [-0.05, 0) is 35.7 Å². The fraction of sp³-hybridized carbons (Fsp3) is 0.370. The maximum Gasteiger partial charge on any atom is 0.253 e. The van der Waals surface area contributed by atoms with Crippen molar-refractivity contribution in [2.75, 3.05) is 26.2 Å². The second kappa shape index (κ2) is 9.91. The lowest BCUT2D eigenvalue weighted by Crippen LogP contribution is -2.51. The minimum Gasteiger partial charge on any atom is -0.366 e. The first-order valence-corrected chi connectivity index (χ1v) is 12.0. The number of aromatic nitrogens is 3. The van der Waals surface area contributed by atoms with Crippen molar-refractivity contribution in [3.63, 3.8) is 0 Å². The maximum absolute atomic E-state index is 13.7. The number of morpholine rings is 1. The molecule has 7 heteroatoms. The van der Waals surface area contributed by atoms with Crippen LogP contribution in [-0.4, -0.2) is 62.7 Å². The third-order valence-electron chi connectivity index (χ3n) is 6.29. The van der Waals surface area contributed by atoms with Crippen LogP contribution in [0.1, 0.15) is 25.1 Å². The number of nitrogens with zero attached hydrogens (tertiary/aromatic N) is 5. The molecular weight excluding hydrogens is 426 g/mol. The summed E-state index contributed by atoms with van der Waals surface area (Å²) in [4.78, 5) is 22.5. The molecule has 0 unspecified atom stereocenters. The van der Waals surface area contributed by atoms with Crippen LogP contribution >= 0.6 is 0 Å². The van der Waals surface area contributed by atoms with Crippen molar-refractivity contribution in [3.05, 3.63) is 78.2 Å². The molecular formula is C27H31N5O2. The van der Waals surface area contributed by atoms with Gasteiger partial charge < -0.3 is 9.64 Å². The SMILES string of the molecule is CC(C)CN(Cc1cccc2cccnc12)C(=O)[C@H]1CN(Cc2cccc3ccnn23)CCO1. The average Bonchev–Trinajstić information content (AvgIpc) is 3.33. The zero-order chi connectivity index (χ0) is 23.5. The number of para-hydroxylation sites is 1. The van der Waals surface area contributed by atoms with Gasteiger partial charge in [0.05, 0.1) is 23.3 Å². The maximum atomic E-state index is 13.7. The van der Waals surface area contributed by atoms with E-state index in [1.807, 2.05) is 46.1 Å². The number of fused-ring (bicyclic) bond motifs is 2. The molecule has 1 amide bonds. The topological polar surface area (TPSA) is 63.0 Å². The van der Waals surface area contributed by atoms with Crippen LogP contribution < -0.4 is 0 Å². The first kappa shape index (κ1) is 22.5. The van der Waals surface area contributed by atoms with Gasteiger partial charge in [0.15, 0.2) is 0 Å². The Balaban J connectivity index is 1.33. The Morgan fingerprint density at radius 2 is 1.97 bits per heavy atom. The number of rotatable bonds is 7. The second-order valence-corrected chi connectivity index (χ2v) is 9.38. The van der Waals surface area contributed by atoms with Crippen LogP contribution in [0.3, 0.4) is 0 Å². The molecule has 0 saturated carbocycles. The minimum absolute atomic E-state index is 0.0450. The molecule has 0 spiro atoms. The second-order valence-electron chi connectivity index (χ2n) is 9.38. The molecule has 1 aromatic carbocycles. The largest absolute Gasteiger partial charge is 0.366 e. The van der Waals surface area contributed by atoms with E-state index in [2.05, 4.69) is 59.2 Å². The van der Waals surface area contributed by atoms with Gasteiger partial charge in [0.1, 0.15) is 6.10 Å². The van der Waals surface area contributed by atoms with Crippen molar-refractivity contribution < 1.29 is 9.53 Å². The van der Waals surface area contributed by atoms with E-state index in [1.54, 1.807) is 0 Å². The van der Waals surface area contributed by atoms with E-state index in [0.717, 1.165) is 40.8 Å². The highest BCUT2D eigenvalue weighted by Gasteiger charge is 2.31. The monoisotopic (exact) mass is 457 g/mol. The van der Waals surface area contributed by atoms with E-state index in [9.17, 15) is 4.79 Å². The molecule has 1 aliphatic heterocycles. The molecule has 1 aliphatic rings. The summed E-state index contributed by atoms with van der Waals surface area (Å²) in [5, 5.41) is 5.54. The Bertz CT molecular complexity index is 1280. The van der Waals surface area contributed by atoms with Crippen LogP contribution in [-0.2, 0) is 22.6 Å². The first-order chi connectivity index (χ1) is 16.6. The molecule has 0 aliphatic carbocycles. The average molecular weight is 458 g/mol. The van der Waals surface area contributed by atoms with Gasteiger partial charge >= 0.3 is 0 Å². The van der Waals surface area contributed by atoms with Crippen molar-refractivity contribution in [1.29, 1.82) is 0 Å². The quantitative estimate of drug-likeness (QED) is 0.423. The van der Waals surface area contributed by atoms with Crippen LogP contribution in [0.4, 0.5) is 0 Å². The van der Waals surface area contributed by atoms with E-state index in [0.29, 0.717) is 32.2 Å². The van der Waals surface area contributed by atoms with Crippen molar-refractivity contribution in [2.45, 2.75) is 33.0 Å². The normalized spacial score (nSPS) is 17.0. The molecule has 0 bridgehead atoms. The molecule has 4 aromatic rings. The predicted molar refractivity (Wildman–Crippen MR) is 132 cm³/mol. The fourth-order valence-electron chi connectivity index (χ4n) is 4.73. The number of amides is 1. The van der Waals surface area contributed by atoms with Gasteiger partial charge in [-0.3, -0.25) is 14.7 Å². The van der Waals surface area contributed by atoms with E-state index >= 15 is 0 Å². The summed E-state index contributed by atoms with van der Waals surface area (Å²) in [5.74, 6) is 0.396. The highest BCUT2D eigenvalue weighted by atomic mass is 16.5. The summed E-state index contributed by atoms with van der Waals surface area (Å²) < 4.78 is 7.96. The summed E-state index contributed by atoms with van der Waals surface area (Å²) in [7, 11) is 0. The molecule has 1 saturated heterocycles. The number of ether oxygens (including phenoxy) is 1. The Morgan fingerprint density at radius 1 is 1.12 bits per heavy atom. The Hall–Kier alpha value is -3.29. The Morgan fingerprint density at radius 3 is 2.85 bits per heavy atom. The number of hydrogen-bond donors (Lipinski definition) is 0. The third-order valence-corrected chi connectivity index (χ3v) is 6.29. The van der Waals surface area contributed by atoms with Crippen LogP contribution in [0.15, 0.2) is 67.0 Å². The van der Waals surface area contributed by atoms with Crippen LogP contribution in [0, 0.1) is 5.92 Å². The number of carbonyl (C=O) groups is 1. The van der Waals surface area contributed by atoms with Crippen molar-refractivity contribution in [1.82, 2.24) is 24.4 Å². The zero-order valence-corrected chi connectivity index (χ0v) is 19.8. The van der Waals surface area contributed by atoms with Crippen molar-refractivity contribution in [3.8, 4) is 0 Å². The van der Waals surface area contributed by atoms with E-state index < -0.39 is 6.10 Å². The smallest absolute Gasteiger partial charge is 0.253 e. The highest BCUT2D eigenvalue weighted by Crippen LogP contribution is 2.20. The lowest BCUT2D eigenvalue weighted by atomic mass is 10.1. The summed E-state index contributed by atoms with van der Waals surface area (Å²) in [6, 6.07) is 18.3. The number of carbonyl (C=O) groups excluding carboxylic acids is 1. The summed E-state index contributed by atoms with van der Waals surface area (Å²) in [6.45, 7) is 8.10. The Labute approximate surface area is 199 Å². The predicted octanol–water partition coefficient (Wildman–Crippen LogP) is 3.77. The van der Waals surface area contributed by atoms with Crippen LogP contribution in [0.25, 0.3) is 16.4 Å². The summed E-state index contributed by atoms with van der Waals surface area (Å²) in [5.41, 5.74) is 4.19. The fourth-order valence-corrected chi connectivity index (χ4v) is 4.73. The molecule has 0 radical (unpaired) electrons. The minimum atomic E-state index is -0.479. The van der Waals surface area contributed by atoms with Gasteiger partial charge in [0, 0.05) is 50.5 Å². The summed E-state index contributed by atoms with van der Waals surface area (Å²) >= 11 is 0. The molecule has 4 heterocycles. The van der Waals surface area contributed by atoms with Crippen LogP contribution in [0.5, 0.6) is 0 Å². The van der Waals surface area contributed by atoms with Crippen molar-refractivity contribution >= 4 is 22.3 Å². The summed E-state index contributed by atoms with van der Waals surface area (Å²) in [6.07, 6.45) is 3.14. The van der Waals surface area contributed by atoms with Gasteiger partial charge in [-0.1, -0.05) is 44.2 Å². The molecule has 5 rings (SSSR count). The van der Waals surface area contributed by atoms with Gasteiger partial charge in [-0.25, -0.2) is 4.52 Å². The molecule has 0 N–H and O–H groups in total. The zero-order valence-electron chi connectivity index (χ0n) is 19.8. The molecule has 1 fully saturated rings. The molecule has 7 nitrogen and oxygen atoms in total. The standard InChI is InChI=1S/C27H31N5O2/c1-20(2)16-31(17-22-7-3-6-21-8-5-12-28-26(21)22)27(33)25-19-30(14-15-34-25)18-24-10-4-9-23-11-13-29-32(23)24/h3-13,20,25H,14-19H2,1-2H3/t25-/m1/s1. The highest BCUT2D eigenvalue weighted by molar-refractivity contribution is 5.84. The molecule has 1 atom stereocenters. The lowest BCUT2D eigenvalue weighted by Gasteiger charge is -2.35. The number of pyridine rings is 2. The van der Waals surface area contributed by atoms with Gasteiger partial charge in [-0.2, -0.15) is 5.10 Å². The molecule has 34 heavy (non-hydrogen) atoms. The molecule has 176 valence electrons. The first-order valence-electron chi connectivity index (χ1n) is 12.0. The van der Waals surface area contributed by atoms with E-state index in [1.165, 1.54) is 0 Å². The third kappa shape index (κ3) is 4.81. The van der Waals surface area contributed by atoms with Crippen molar-refractivity contribution in [2.24, 2.45) is 5.92 Å². The number of benzene rings is 1.